The van der Waals surface area contributed by atoms with Crippen LogP contribution >= 0.6 is 0 Å². The van der Waals surface area contributed by atoms with E-state index in [0.29, 0.717) is 54.8 Å². The molecule has 2 fully saturated rings. The van der Waals surface area contributed by atoms with Crippen molar-refractivity contribution in [3.05, 3.63) is 64.7 Å². The van der Waals surface area contributed by atoms with Crippen molar-refractivity contribution in [2.75, 3.05) is 43.4 Å². The zero-order chi connectivity index (χ0) is 26.2. The Bertz CT molecular complexity index is 1310. The summed E-state index contributed by atoms with van der Waals surface area (Å²) < 4.78 is 11.0. The van der Waals surface area contributed by atoms with E-state index in [1.165, 1.54) is 0 Å². The third-order valence-electron chi connectivity index (χ3n) is 6.89. The molecule has 3 N–H and O–H groups in total. The van der Waals surface area contributed by atoms with Crippen LogP contribution < -0.4 is 15.4 Å². The molecule has 11 heteroatoms. The lowest BCUT2D eigenvalue weighted by Crippen LogP contribution is -2.73. The van der Waals surface area contributed by atoms with Crippen LogP contribution in [0.3, 0.4) is 0 Å². The molecule has 0 bridgehead atoms. The molecule has 37 heavy (non-hydrogen) atoms. The van der Waals surface area contributed by atoms with Gasteiger partial charge >= 0.3 is 6.09 Å². The number of anilines is 2. The summed E-state index contributed by atoms with van der Waals surface area (Å²) in [6.45, 7) is 9.37. The summed E-state index contributed by atoms with van der Waals surface area (Å²) in [5, 5.41) is 16.8. The van der Waals surface area contributed by atoms with E-state index < -0.39 is 0 Å². The molecular weight excluding hydrogens is 472 g/mol. The Kier molecular flexibility index (Phi) is 6.36. The van der Waals surface area contributed by atoms with Gasteiger partial charge in [0, 0.05) is 66.4 Å². The minimum Gasteiger partial charge on any atom is -0.489 e. The first kappa shape index (κ1) is 24.4. The standard InChI is InChI=1S/C26H30N8O3/c1-4-36-25(35)34-14-26(15-34)12-33(13-26)24-29-9-18(10-30-24)23(28)20-7-19(5-6-22(20)27)37-11-21-16(2)8-31-32-17(21)3/h5-10,28H,4,11-15,27H2,1-3H3. The van der Waals surface area contributed by atoms with E-state index >= 15 is 0 Å². The van der Waals surface area contributed by atoms with Crippen LogP contribution in [-0.4, -0.2) is 69.7 Å². The zero-order valence-corrected chi connectivity index (χ0v) is 21.2. The Morgan fingerprint density at radius 1 is 1.14 bits per heavy atom. The van der Waals surface area contributed by atoms with Gasteiger partial charge in [-0.05, 0) is 44.5 Å². The highest BCUT2D eigenvalue weighted by Crippen LogP contribution is 2.41. The predicted molar refractivity (Wildman–Crippen MR) is 138 cm³/mol. The Hall–Kier alpha value is -4.28. The molecule has 2 aromatic heterocycles. The van der Waals surface area contributed by atoms with Crippen LogP contribution in [0.25, 0.3) is 0 Å². The molecule has 0 aliphatic carbocycles. The molecule has 0 atom stereocenters. The van der Waals surface area contributed by atoms with Gasteiger partial charge in [-0.15, -0.1) is 0 Å². The van der Waals surface area contributed by atoms with Gasteiger partial charge in [0.05, 0.1) is 24.2 Å². The first-order valence-electron chi connectivity index (χ1n) is 12.2. The second kappa shape index (κ2) is 9.64. The molecule has 0 radical (unpaired) electrons. The average molecular weight is 503 g/mol. The third-order valence-corrected chi connectivity index (χ3v) is 6.89. The number of aryl methyl sites for hydroxylation is 2. The Labute approximate surface area is 215 Å². The molecule has 192 valence electrons. The highest BCUT2D eigenvalue weighted by atomic mass is 16.6. The third kappa shape index (κ3) is 4.76. The number of amides is 1. The summed E-state index contributed by atoms with van der Waals surface area (Å²) in [6.07, 6.45) is 4.75. The number of aromatic nitrogens is 4. The molecular formula is C26H30N8O3. The lowest BCUT2D eigenvalue weighted by atomic mass is 9.73. The molecule has 0 unspecified atom stereocenters. The van der Waals surface area contributed by atoms with Crippen molar-refractivity contribution < 1.29 is 14.3 Å². The molecule has 0 saturated carbocycles. The van der Waals surface area contributed by atoms with Gasteiger partial charge in [-0.3, -0.25) is 5.41 Å². The Balaban J connectivity index is 1.21. The minimum atomic E-state index is -0.251. The van der Waals surface area contributed by atoms with Crippen LogP contribution in [0.5, 0.6) is 5.75 Å². The number of nitrogens with zero attached hydrogens (tertiary/aromatic N) is 6. The summed E-state index contributed by atoms with van der Waals surface area (Å²) >= 11 is 0. The van der Waals surface area contributed by atoms with Gasteiger partial charge in [-0.2, -0.15) is 10.2 Å². The van der Waals surface area contributed by atoms with Crippen LogP contribution in [0.4, 0.5) is 16.4 Å². The smallest absolute Gasteiger partial charge is 0.409 e. The second-order valence-electron chi connectivity index (χ2n) is 9.69. The number of hydrogen-bond acceptors (Lipinski definition) is 10. The zero-order valence-electron chi connectivity index (χ0n) is 21.2. The van der Waals surface area contributed by atoms with Gasteiger partial charge < -0.3 is 25.0 Å². The van der Waals surface area contributed by atoms with Crippen molar-refractivity contribution in [3.8, 4) is 5.75 Å². The molecule has 2 saturated heterocycles. The lowest BCUT2D eigenvalue weighted by Gasteiger charge is -2.59. The van der Waals surface area contributed by atoms with E-state index in [9.17, 15) is 4.79 Å². The second-order valence-corrected chi connectivity index (χ2v) is 9.69. The maximum Gasteiger partial charge on any atom is 0.409 e. The van der Waals surface area contributed by atoms with E-state index in [2.05, 4.69) is 25.1 Å². The van der Waals surface area contributed by atoms with Crippen molar-refractivity contribution in [2.45, 2.75) is 27.4 Å². The van der Waals surface area contributed by atoms with Crippen LogP contribution in [0.15, 0.2) is 36.8 Å². The average Bonchev–Trinajstić information content (AvgIpc) is 2.83. The number of nitrogen functional groups attached to an aromatic ring is 1. The van der Waals surface area contributed by atoms with Gasteiger partial charge in [0.25, 0.3) is 0 Å². The Morgan fingerprint density at radius 3 is 2.54 bits per heavy atom. The van der Waals surface area contributed by atoms with Crippen LogP contribution in [-0.2, 0) is 11.3 Å². The number of nitrogens with one attached hydrogen (secondary N) is 1. The number of rotatable bonds is 7. The molecule has 4 heterocycles. The summed E-state index contributed by atoms with van der Waals surface area (Å²) in [5.74, 6) is 1.21. The van der Waals surface area contributed by atoms with Crippen molar-refractivity contribution in [1.29, 1.82) is 5.41 Å². The van der Waals surface area contributed by atoms with E-state index in [1.54, 1.807) is 41.7 Å². The predicted octanol–water partition coefficient (Wildman–Crippen LogP) is 2.74. The number of carbonyl (C=O) groups is 1. The molecule has 1 amide bonds. The normalized spacial score (nSPS) is 15.6. The number of carbonyl (C=O) groups excluding carboxylic acids is 1. The molecule has 2 aliphatic heterocycles. The quantitative estimate of drug-likeness (QED) is 0.368. The first-order valence-corrected chi connectivity index (χ1v) is 12.2. The van der Waals surface area contributed by atoms with Gasteiger partial charge in [0.1, 0.15) is 12.4 Å². The fourth-order valence-corrected chi connectivity index (χ4v) is 4.82. The number of ether oxygens (including phenoxy) is 2. The van der Waals surface area contributed by atoms with Gasteiger partial charge in [0.15, 0.2) is 0 Å². The number of likely N-dealkylation sites (tertiary alicyclic amines) is 1. The lowest BCUT2D eigenvalue weighted by molar-refractivity contribution is -0.0199. The number of benzene rings is 1. The molecule has 11 nitrogen and oxygen atoms in total. The van der Waals surface area contributed by atoms with E-state index in [4.69, 9.17) is 20.6 Å². The summed E-state index contributed by atoms with van der Waals surface area (Å²) in [5.41, 5.74) is 10.9. The summed E-state index contributed by atoms with van der Waals surface area (Å²) in [6, 6.07) is 5.28. The first-order chi connectivity index (χ1) is 17.8. The topological polar surface area (TPSA) is 143 Å². The summed E-state index contributed by atoms with van der Waals surface area (Å²) in [4.78, 5) is 24.6. The van der Waals surface area contributed by atoms with Gasteiger partial charge in [-0.1, -0.05) is 0 Å². The highest BCUT2D eigenvalue weighted by molar-refractivity contribution is 6.13. The number of nitrogens with two attached hydrogens (primary N) is 1. The molecule has 1 aromatic carbocycles. The Morgan fingerprint density at radius 2 is 1.86 bits per heavy atom. The monoisotopic (exact) mass is 502 g/mol. The van der Waals surface area contributed by atoms with Crippen LogP contribution in [0, 0.1) is 24.7 Å². The minimum absolute atomic E-state index is 0.0970. The van der Waals surface area contributed by atoms with Crippen molar-refractivity contribution >= 4 is 23.4 Å². The van der Waals surface area contributed by atoms with Crippen molar-refractivity contribution in [2.24, 2.45) is 5.41 Å². The number of hydrogen-bond donors (Lipinski definition) is 2. The van der Waals surface area contributed by atoms with Crippen molar-refractivity contribution in [1.82, 2.24) is 25.1 Å². The molecule has 3 aromatic rings. The largest absolute Gasteiger partial charge is 0.489 e. The highest BCUT2D eigenvalue weighted by Gasteiger charge is 2.54. The summed E-state index contributed by atoms with van der Waals surface area (Å²) in [7, 11) is 0. The molecule has 1 spiro atoms. The molecule has 2 aliphatic rings. The van der Waals surface area contributed by atoms with Gasteiger partial charge in [0.2, 0.25) is 5.95 Å². The van der Waals surface area contributed by atoms with Crippen molar-refractivity contribution in [3.63, 3.8) is 0 Å². The molecule has 5 rings (SSSR count). The van der Waals surface area contributed by atoms with E-state index in [0.717, 1.165) is 29.9 Å². The van der Waals surface area contributed by atoms with E-state index in [1.807, 2.05) is 20.8 Å². The fraction of sp³-hybridized carbons (Fsp3) is 0.385. The van der Waals surface area contributed by atoms with Crippen LogP contribution in [0.2, 0.25) is 0 Å². The maximum atomic E-state index is 11.8. The fourth-order valence-electron chi connectivity index (χ4n) is 4.82. The van der Waals surface area contributed by atoms with Crippen LogP contribution in [0.1, 0.15) is 34.9 Å². The maximum absolute atomic E-state index is 11.8. The van der Waals surface area contributed by atoms with E-state index in [-0.39, 0.29) is 17.2 Å². The SMILES string of the molecule is CCOC(=O)N1CC2(C1)CN(c1ncc(C(=N)c3cc(OCc4c(C)cnnc4C)ccc3N)cn1)C2. The van der Waals surface area contributed by atoms with Gasteiger partial charge in [-0.25, -0.2) is 14.8 Å².